The average Bonchev–Trinajstić information content (AvgIpc) is 2.63. The predicted molar refractivity (Wildman–Crippen MR) is 120 cm³/mol. The average molecular weight is 492 g/mol. The van der Waals surface area contributed by atoms with Crippen LogP contribution in [0.3, 0.4) is 0 Å². The molecule has 8 heteroatoms. The normalized spacial score (nSPS) is 10.7. The fourth-order valence-corrected chi connectivity index (χ4v) is 1.96. The molecule has 0 atom stereocenters. The Labute approximate surface area is 179 Å². The molecule has 0 aliphatic heterocycles. The van der Waals surface area contributed by atoms with Crippen LogP contribution in [-0.2, 0) is 9.53 Å². The van der Waals surface area contributed by atoms with Crippen molar-refractivity contribution in [3.8, 4) is 5.75 Å². The standard InChI is InChI=1S/C19H32N4O3.HI/c1-5-25-13-6-11-20-19(22-15-18(24)23(3)4)21-12-14-26-17-9-7-16(2)8-10-17;/h7-10H,5-6,11-15H2,1-4H3,(H2,20,21,22);1H. The van der Waals surface area contributed by atoms with Crippen molar-refractivity contribution in [1.29, 1.82) is 0 Å². The van der Waals surface area contributed by atoms with Crippen LogP contribution >= 0.6 is 24.0 Å². The molecule has 0 bridgehead atoms. The van der Waals surface area contributed by atoms with Crippen molar-refractivity contribution < 1.29 is 14.3 Å². The Morgan fingerprint density at radius 3 is 2.41 bits per heavy atom. The lowest BCUT2D eigenvalue weighted by Gasteiger charge is -2.14. The van der Waals surface area contributed by atoms with E-state index in [1.54, 1.807) is 14.1 Å². The van der Waals surface area contributed by atoms with E-state index in [2.05, 4.69) is 15.6 Å². The summed E-state index contributed by atoms with van der Waals surface area (Å²) in [6.07, 6.45) is 0.871. The van der Waals surface area contributed by atoms with Crippen molar-refractivity contribution in [1.82, 2.24) is 15.5 Å². The maximum atomic E-state index is 11.7. The van der Waals surface area contributed by atoms with Gasteiger partial charge in [0.25, 0.3) is 0 Å². The number of likely N-dealkylation sites (N-methyl/N-ethyl adjacent to an activating group) is 1. The van der Waals surface area contributed by atoms with Gasteiger partial charge in [0.2, 0.25) is 5.91 Å². The zero-order chi connectivity index (χ0) is 19.2. The highest BCUT2D eigenvalue weighted by Gasteiger charge is 2.04. The number of nitrogens with zero attached hydrogens (tertiary/aromatic N) is 2. The first-order valence-electron chi connectivity index (χ1n) is 9.02. The summed E-state index contributed by atoms with van der Waals surface area (Å²) in [5.74, 6) is 1.39. The van der Waals surface area contributed by atoms with E-state index in [-0.39, 0.29) is 36.4 Å². The molecule has 0 heterocycles. The van der Waals surface area contributed by atoms with Crippen molar-refractivity contribution in [2.75, 3.05) is 53.6 Å². The topological polar surface area (TPSA) is 75.2 Å². The lowest BCUT2D eigenvalue weighted by Crippen LogP contribution is -2.41. The van der Waals surface area contributed by atoms with E-state index < -0.39 is 0 Å². The molecule has 0 radical (unpaired) electrons. The SMILES string of the molecule is CCOCCCNC(=NCC(=O)N(C)C)NCCOc1ccc(C)cc1.I. The molecule has 0 spiro atoms. The zero-order valence-corrected chi connectivity index (χ0v) is 19.1. The van der Waals surface area contributed by atoms with Crippen molar-refractivity contribution in [2.24, 2.45) is 4.99 Å². The summed E-state index contributed by atoms with van der Waals surface area (Å²) in [5.41, 5.74) is 1.20. The van der Waals surface area contributed by atoms with Gasteiger partial charge in [0.15, 0.2) is 5.96 Å². The highest BCUT2D eigenvalue weighted by Crippen LogP contribution is 2.10. The van der Waals surface area contributed by atoms with Gasteiger partial charge in [-0.05, 0) is 32.4 Å². The van der Waals surface area contributed by atoms with Crippen molar-refractivity contribution in [3.05, 3.63) is 29.8 Å². The molecule has 7 nitrogen and oxygen atoms in total. The number of aliphatic imine (C=N–C) groups is 1. The van der Waals surface area contributed by atoms with Crippen molar-refractivity contribution >= 4 is 35.8 Å². The molecular formula is C19H33IN4O3. The minimum absolute atomic E-state index is 0. The van der Waals surface area contributed by atoms with Gasteiger partial charge in [-0.25, -0.2) is 4.99 Å². The number of benzene rings is 1. The Bertz CT molecular complexity index is 550. The molecular weight excluding hydrogens is 459 g/mol. The van der Waals surface area contributed by atoms with Crippen LogP contribution in [-0.4, -0.2) is 70.3 Å². The largest absolute Gasteiger partial charge is 0.492 e. The van der Waals surface area contributed by atoms with Gasteiger partial charge in [0.05, 0.1) is 6.54 Å². The molecule has 0 saturated heterocycles. The summed E-state index contributed by atoms with van der Waals surface area (Å²) in [4.78, 5) is 17.6. The smallest absolute Gasteiger partial charge is 0.243 e. The van der Waals surface area contributed by atoms with Gasteiger partial charge in [-0.1, -0.05) is 17.7 Å². The number of carbonyl (C=O) groups is 1. The second-order valence-electron chi connectivity index (χ2n) is 6.02. The minimum Gasteiger partial charge on any atom is -0.492 e. The zero-order valence-electron chi connectivity index (χ0n) is 16.8. The summed E-state index contributed by atoms with van der Waals surface area (Å²) in [7, 11) is 3.44. The number of hydrogen-bond acceptors (Lipinski definition) is 4. The van der Waals surface area contributed by atoms with E-state index in [0.717, 1.165) is 18.7 Å². The van der Waals surface area contributed by atoms with Crippen LogP contribution in [0.4, 0.5) is 0 Å². The number of rotatable bonds is 11. The van der Waals surface area contributed by atoms with E-state index >= 15 is 0 Å². The fraction of sp³-hybridized carbons (Fsp3) is 0.579. The van der Waals surface area contributed by atoms with Crippen LogP contribution in [0.5, 0.6) is 5.75 Å². The molecule has 27 heavy (non-hydrogen) atoms. The monoisotopic (exact) mass is 492 g/mol. The Morgan fingerprint density at radius 2 is 1.78 bits per heavy atom. The first kappa shape index (κ1) is 25.4. The number of aryl methyl sites for hydroxylation is 1. The van der Waals surface area contributed by atoms with Crippen molar-refractivity contribution in [3.63, 3.8) is 0 Å². The molecule has 0 unspecified atom stereocenters. The third kappa shape index (κ3) is 12.5. The Kier molecular flexibility index (Phi) is 14.6. The molecule has 1 amide bonds. The third-order valence-electron chi connectivity index (χ3n) is 3.52. The number of ether oxygens (including phenoxy) is 2. The van der Waals surface area contributed by atoms with Crippen LogP contribution in [0.1, 0.15) is 18.9 Å². The fourth-order valence-electron chi connectivity index (χ4n) is 1.96. The summed E-state index contributed by atoms with van der Waals surface area (Å²) in [5, 5.41) is 6.40. The number of halogens is 1. The lowest BCUT2D eigenvalue weighted by atomic mass is 10.2. The molecule has 154 valence electrons. The number of guanidine groups is 1. The van der Waals surface area contributed by atoms with Gasteiger partial charge in [0.1, 0.15) is 18.9 Å². The minimum atomic E-state index is -0.0451. The molecule has 1 rings (SSSR count). The number of nitrogens with one attached hydrogen (secondary N) is 2. The Hall–Kier alpha value is -1.55. The number of carbonyl (C=O) groups excluding carboxylic acids is 1. The maximum absolute atomic E-state index is 11.7. The maximum Gasteiger partial charge on any atom is 0.243 e. The second kappa shape index (κ2) is 15.5. The summed E-state index contributed by atoms with van der Waals surface area (Å²) >= 11 is 0. The summed E-state index contributed by atoms with van der Waals surface area (Å²) in [6.45, 7) is 7.35. The quantitative estimate of drug-likeness (QED) is 0.214. The van der Waals surface area contributed by atoms with Crippen LogP contribution in [0.15, 0.2) is 29.3 Å². The molecule has 0 aromatic heterocycles. The molecule has 0 aliphatic carbocycles. The van der Waals surface area contributed by atoms with Crippen LogP contribution in [0, 0.1) is 6.92 Å². The van der Waals surface area contributed by atoms with Gasteiger partial charge >= 0.3 is 0 Å². The number of amides is 1. The van der Waals surface area contributed by atoms with E-state index in [9.17, 15) is 4.79 Å². The van der Waals surface area contributed by atoms with Crippen LogP contribution in [0.2, 0.25) is 0 Å². The second-order valence-corrected chi connectivity index (χ2v) is 6.02. The van der Waals surface area contributed by atoms with Gasteiger partial charge < -0.3 is 25.0 Å². The molecule has 1 aromatic carbocycles. The van der Waals surface area contributed by atoms with Crippen molar-refractivity contribution in [2.45, 2.75) is 20.3 Å². The highest BCUT2D eigenvalue weighted by atomic mass is 127. The molecule has 0 aliphatic rings. The van der Waals surface area contributed by atoms with E-state index in [1.807, 2.05) is 38.1 Å². The van der Waals surface area contributed by atoms with E-state index in [4.69, 9.17) is 9.47 Å². The first-order chi connectivity index (χ1) is 12.5. The predicted octanol–water partition coefficient (Wildman–Crippen LogP) is 2.04. The first-order valence-corrected chi connectivity index (χ1v) is 9.02. The lowest BCUT2D eigenvalue weighted by molar-refractivity contribution is -0.127. The molecule has 0 fully saturated rings. The summed E-state index contributed by atoms with van der Waals surface area (Å²) in [6, 6.07) is 7.93. The molecule has 1 aromatic rings. The van der Waals surface area contributed by atoms with E-state index in [1.165, 1.54) is 10.5 Å². The number of hydrogen-bond donors (Lipinski definition) is 2. The third-order valence-corrected chi connectivity index (χ3v) is 3.52. The van der Waals surface area contributed by atoms with Crippen LogP contribution in [0.25, 0.3) is 0 Å². The van der Waals surface area contributed by atoms with Gasteiger partial charge in [-0.15, -0.1) is 24.0 Å². The summed E-state index contributed by atoms with van der Waals surface area (Å²) < 4.78 is 11.0. The van der Waals surface area contributed by atoms with Gasteiger partial charge in [-0.3, -0.25) is 4.79 Å². The van der Waals surface area contributed by atoms with Crippen LogP contribution < -0.4 is 15.4 Å². The molecule has 2 N–H and O–H groups in total. The van der Waals surface area contributed by atoms with Gasteiger partial charge in [-0.2, -0.15) is 0 Å². The Morgan fingerprint density at radius 1 is 1.11 bits per heavy atom. The van der Waals surface area contributed by atoms with E-state index in [0.29, 0.717) is 32.3 Å². The van der Waals surface area contributed by atoms with Gasteiger partial charge in [0, 0.05) is 33.9 Å². The highest BCUT2D eigenvalue weighted by molar-refractivity contribution is 14.0. The Balaban J connectivity index is 0.00000676. The molecule has 0 saturated carbocycles.